The van der Waals surface area contributed by atoms with Crippen LogP contribution >= 0.6 is 0 Å². The zero-order valence-electron chi connectivity index (χ0n) is 18.7. The van der Waals surface area contributed by atoms with Gasteiger partial charge in [0.2, 0.25) is 11.9 Å². The number of anilines is 3. The van der Waals surface area contributed by atoms with Crippen LogP contribution in [0.1, 0.15) is 23.2 Å². The number of ether oxygens (including phenoxy) is 1. The predicted octanol–water partition coefficient (Wildman–Crippen LogP) is 2.95. The van der Waals surface area contributed by atoms with E-state index < -0.39 is 0 Å². The van der Waals surface area contributed by atoms with Crippen LogP contribution < -0.4 is 15.8 Å². The first-order chi connectivity index (χ1) is 16.7. The van der Waals surface area contributed by atoms with E-state index in [-0.39, 0.29) is 17.8 Å². The van der Waals surface area contributed by atoms with Crippen LogP contribution in [-0.4, -0.2) is 61.4 Å². The Morgan fingerprint density at radius 1 is 1.06 bits per heavy atom. The number of nitrogens with one attached hydrogen (secondary N) is 1. The largest absolute Gasteiger partial charge is 0.492 e. The molecule has 10 nitrogen and oxygen atoms in total. The highest BCUT2D eigenvalue weighted by Crippen LogP contribution is 2.20. The fraction of sp³-hybridized carbons (Fsp3) is 0.250. The van der Waals surface area contributed by atoms with Crippen molar-refractivity contribution in [2.75, 3.05) is 37.3 Å². The molecule has 1 aliphatic heterocycles. The molecule has 0 atom stereocenters. The van der Waals surface area contributed by atoms with Crippen LogP contribution in [0.15, 0.2) is 67.3 Å². The molecule has 1 fully saturated rings. The number of aromatic nitrogens is 5. The van der Waals surface area contributed by atoms with Crippen LogP contribution in [0.25, 0.3) is 5.69 Å². The molecule has 0 spiro atoms. The number of carbonyl (C=O) groups excluding carboxylic acids is 1. The SMILES string of the molecule is Nc1nc(Nc2ccc(OCCN3CCCC3)cc2)nn1C(=O)c1ccc(-n2ccnc2)cc1. The average Bonchev–Trinajstić information content (AvgIpc) is 3.63. The summed E-state index contributed by atoms with van der Waals surface area (Å²) in [7, 11) is 0. The minimum atomic E-state index is -0.364. The maximum Gasteiger partial charge on any atom is 0.281 e. The van der Waals surface area contributed by atoms with Gasteiger partial charge in [-0.25, -0.2) is 4.98 Å². The van der Waals surface area contributed by atoms with E-state index in [4.69, 9.17) is 10.5 Å². The van der Waals surface area contributed by atoms with Crippen molar-refractivity contribution < 1.29 is 9.53 Å². The van der Waals surface area contributed by atoms with Crippen molar-refractivity contribution in [2.45, 2.75) is 12.8 Å². The first kappa shape index (κ1) is 21.7. The Kier molecular flexibility index (Phi) is 6.21. The van der Waals surface area contributed by atoms with Crippen molar-refractivity contribution in [2.24, 2.45) is 0 Å². The second-order valence-corrected chi connectivity index (χ2v) is 8.07. The van der Waals surface area contributed by atoms with Gasteiger partial charge in [-0.05, 0) is 74.5 Å². The fourth-order valence-electron chi connectivity index (χ4n) is 3.90. The Morgan fingerprint density at radius 3 is 2.53 bits per heavy atom. The number of hydrogen-bond donors (Lipinski definition) is 2. The van der Waals surface area contributed by atoms with Crippen LogP contribution in [-0.2, 0) is 0 Å². The van der Waals surface area contributed by atoms with Crippen molar-refractivity contribution in [3.8, 4) is 11.4 Å². The maximum atomic E-state index is 12.9. The van der Waals surface area contributed by atoms with E-state index >= 15 is 0 Å². The summed E-state index contributed by atoms with van der Waals surface area (Å²) in [5.41, 5.74) is 8.07. The molecule has 3 N–H and O–H groups in total. The third-order valence-corrected chi connectivity index (χ3v) is 5.73. The highest BCUT2D eigenvalue weighted by atomic mass is 16.5. The highest BCUT2D eigenvalue weighted by molar-refractivity contribution is 5.97. The van der Waals surface area contributed by atoms with Crippen molar-refractivity contribution >= 4 is 23.5 Å². The van der Waals surface area contributed by atoms with Crippen molar-refractivity contribution in [3.63, 3.8) is 0 Å². The molecule has 0 saturated carbocycles. The Labute approximate surface area is 197 Å². The number of nitrogens with zero attached hydrogens (tertiary/aromatic N) is 6. The second-order valence-electron chi connectivity index (χ2n) is 8.07. The van der Waals surface area contributed by atoms with E-state index in [9.17, 15) is 4.79 Å². The van der Waals surface area contributed by atoms with Gasteiger partial charge in [0.05, 0.1) is 6.33 Å². The lowest BCUT2D eigenvalue weighted by Crippen LogP contribution is -2.25. The number of benzene rings is 2. The van der Waals surface area contributed by atoms with Gasteiger partial charge in [0.25, 0.3) is 5.91 Å². The number of carbonyl (C=O) groups is 1. The van der Waals surface area contributed by atoms with Gasteiger partial charge in [0.1, 0.15) is 12.4 Å². The van der Waals surface area contributed by atoms with Crippen LogP contribution in [0.4, 0.5) is 17.6 Å². The first-order valence-corrected chi connectivity index (χ1v) is 11.2. The van der Waals surface area contributed by atoms with Gasteiger partial charge in [0.15, 0.2) is 0 Å². The molecular weight excluding hydrogens is 432 g/mol. The summed E-state index contributed by atoms with van der Waals surface area (Å²) >= 11 is 0. The first-order valence-electron chi connectivity index (χ1n) is 11.2. The molecular formula is C24H26N8O2. The molecule has 0 aliphatic carbocycles. The van der Waals surface area contributed by atoms with Crippen molar-refractivity contribution in [3.05, 3.63) is 72.8 Å². The monoisotopic (exact) mass is 458 g/mol. The number of nitrogens with two attached hydrogens (primary N) is 1. The average molecular weight is 459 g/mol. The minimum Gasteiger partial charge on any atom is -0.492 e. The topological polar surface area (TPSA) is 116 Å². The van der Waals surface area contributed by atoms with E-state index in [1.165, 1.54) is 12.8 Å². The van der Waals surface area contributed by atoms with E-state index in [0.717, 1.165) is 41.4 Å². The third-order valence-electron chi connectivity index (χ3n) is 5.73. The van der Waals surface area contributed by atoms with Crippen LogP contribution in [0, 0.1) is 0 Å². The smallest absolute Gasteiger partial charge is 0.281 e. The molecule has 3 heterocycles. The van der Waals surface area contributed by atoms with E-state index in [1.807, 2.05) is 47.2 Å². The van der Waals surface area contributed by atoms with Gasteiger partial charge >= 0.3 is 0 Å². The summed E-state index contributed by atoms with van der Waals surface area (Å²) in [6.07, 6.45) is 7.77. The van der Waals surface area contributed by atoms with Gasteiger partial charge in [0, 0.05) is 35.9 Å². The van der Waals surface area contributed by atoms with E-state index in [2.05, 4.69) is 25.3 Å². The van der Waals surface area contributed by atoms with Crippen LogP contribution in [0.3, 0.4) is 0 Å². The number of rotatable bonds is 8. The third kappa shape index (κ3) is 4.91. The highest BCUT2D eigenvalue weighted by Gasteiger charge is 2.16. The number of likely N-dealkylation sites (tertiary alicyclic amines) is 1. The molecule has 5 rings (SSSR count). The number of nitrogen functional groups attached to an aromatic ring is 1. The van der Waals surface area contributed by atoms with E-state index in [0.29, 0.717) is 12.2 Å². The molecule has 0 amide bonds. The summed E-state index contributed by atoms with van der Waals surface area (Å²) in [5.74, 6) is 0.686. The molecule has 1 aliphatic rings. The van der Waals surface area contributed by atoms with Gasteiger partial charge < -0.3 is 20.4 Å². The summed E-state index contributed by atoms with van der Waals surface area (Å²) in [6, 6.07) is 14.6. The molecule has 1 saturated heterocycles. The molecule has 34 heavy (non-hydrogen) atoms. The zero-order valence-corrected chi connectivity index (χ0v) is 18.7. The maximum absolute atomic E-state index is 12.9. The van der Waals surface area contributed by atoms with Crippen LogP contribution in [0.5, 0.6) is 5.75 Å². The van der Waals surface area contributed by atoms with Crippen molar-refractivity contribution in [1.29, 1.82) is 0 Å². The quantitative estimate of drug-likeness (QED) is 0.414. The molecule has 2 aromatic carbocycles. The molecule has 174 valence electrons. The Hall–Kier alpha value is -4.18. The molecule has 0 radical (unpaired) electrons. The second kappa shape index (κ2) is 9.75. The standard InChI is InChI=1S/C24H26N8O2/c25-23-28-24(27-19-5-9-21(10-6-19)34-16-15-30-12-1-2-13-30)29-32(23)22(33)18-3-7-20(8-4-18)31-14-11-26-17-31/h3-11,14,17H,1-2,12-13,15-16H2,(H3,25,27,28,29). The summed E-state index contributed by atoms with van der Waals surface area (Å²) in [6.45, 7) is 3.93. The number of imidazole rings is 1. The Balaban J connectivity index is 1.20. The lowest BCUT2D eigenvalue weighted by Gasteiger charge is -2.15. The van der Waals surface area contributed by atoms with E-state index in [1.54, 1.807) is 24.7 Å². The fourth-order valence-corrected chi connectivity index (χ4v) is 3.90. The normalized spacial score (nSPS) is 13.8. The molecule has 0 bridgehead atoms. The van der Waals surface area contributed by atoms with Gasteiger partial charge in [-0.2, -0.15) is 9.67 Å². The molecule has 2 aromatic heterocycles. The Bertz CT molecular complexity index is 1230. The summed E-state index contributed by atoms with van der Waals surface area (Å²) in [5, 5.41) is 7.32. The zero-order chi connectivity index (χ0) is 23.3. The summed E-state index contributed by atoms with van der Waals surface area (Å²) < 4.78 is 8.77. The van der Waals surface area contributed by atoms with Crippen molar-refractivity contribution in [1.82, 2.24) is 29.2 Å². The molecule has 10 heteroatoms. The number of hydrogen-bond acceptors (Lipinski definition) is 8. The van der Waals surface area contributed by atoms with Gasteiger partial charge in [-0.1, -0.05) is 0 Å². The molecule has 0 unspecified atom stereocenters. The van der Waals surface area contributed by atoms with Gasteiger partial charge in [-0.3, -0.25) is 9.69 Å². The molecule has 4 aromatic rings. The lowest BCUT2D eigenvalue weighted by atomic mass is 10.2. The predicted molar refractivity (Wildman–Crippen MR) is 129 cm³/mol. The summed E-state index contributed by atoms with van der Waals surface area (Å²) in [4.78, 5) is 23.5. The Morgan fingerprint density at radius 2 is 1.82 bits per heavy atom. The van der Waals surface area contributed by atoms with Gasteiger partial charge in [-0.15, -0.1) is 5.10 Å². The lowest BCUT2D eigenvalue weighted by molar-refractivity contribution is 0.0948. The van der Waals surface area contributed by atoms with Crippen LogP contribution in [0.2, 0.25) is 0 Å². The minimum absolute atomic E-state index is 0.00746.